The largest absolute Gasteiger partial charge is 0.369 e. The van der Waals surface area contributed by atoms with E-state index in [0.717, 1.165) is 19.3 Å². The molecule has 1 amide bonds. The summed E-state index contributed by atoms with van der Waals surface area (Å²) in [6, 6.07) is 0.235. The molecule has 0 radical (unpaired) electrons. The minimum absolute atomic E-state index is 0.0112. The summed E-state index contributed by atoms with van der Waals surface area (Å²) in [5.74, 6) is 0.421. The molecule has 1 aliphatic carbocycles. The second-order valence-electron chi connectivity index (χ2n) is 4.80. The van der Waals surface area contributed by atoms with Crippen molar-refractivity contribution in [2.24, 2.45) is 11.7 Å². The van der Waals surface area contributed by atoms with E-state index in [4.69, 9.17) is 10.5 Å². The minimum Gasteiger partial charge on any atom is -0.369 e. The van der Waals surface area contributed by atoms with Crippen LogP contribution in [0.4, 0.5) is 0 Å². The lowest BCUT2D eigenvalue weighted by Gasteiger charge is -2.29. The topological polar surface area (TPSA) is 64.3 Å². The smallest absolute Gasteiger partial charge is 0.252 e. The van der Waals surface area contributed by atoms with Crippen LogP contribution in [0.3, 0.4) is 0 Å². The van der Waals surface area contributed by atoms with E-state index in [-0.39, 0.29) is 11.9 Å². The molecule has 1 saturated carbocycles. The van der Waals surface area contributed by atoms with Gasteiger partial charge in [-0.2, -0.15) is 0 Å². The van der Waals surface area contributed by atoms with Crippen LogP contribution in [0.15, 0.2) is 0 Å². The molecule has 0 bridgehead atoms. The number of carbonyl (C=O) groups excluding carboxylic acids is 1. The maximum atomic E-state index is 12.1. The first kappa shape index (κ1) is 13.5. The standard InChI is InChI=1S/C12H24N2O2/c1-4-12(2,16-3)11(15)14-10-7-5-6-9(10)8-13/h9-10H,4-8,13H2,1-3H3,(H,14,15). The number of carbonyl (C=O) groups is 1. The van der Waals surface area contributed by atoms with Crippen LogP contribution in [0.25, 0.3) is 0 Å². The summed E-state index contributed by atoms with van der Waals surface area (Å²) in [4.78, 5) is 12.1. The van der Waals surface area contributed by atoms with Crippen molar-refractivity contribution in [1.82, 2.24) is 5.32 Å². The molecule has 0 aromatic rings. The number of rotatable bonds is 5. The Balaban J connectivity index is 2.56. The van der Waals surface area contributed by atoms with Crippen molar-refractivity contribution >= 4 is 5.91 Å². The van der Waals surface area contributed by atoms with Gasteiger partial charge in [0.05, 0.1) is 0 Å². The highest BCUT2D eigenvalue weighted by Crippen LogP contribution is 2.25. The maximum absolute atomic E-state index is 12.1. The van der Waals surface area contributed by atoms with Crippen LogP contribution in [-0.4, -0.2) is 31.2 Å². The summed E-state index contributed by atoms with van der Waals surface area (Å²) >= 11 is 0. The molecule has 1 rings (SSSR count). The summed E-state index contributed by atoms with van der Waals surface area (Å²) < 4.78 is 5.28. The Labute approximate surface area is 97.9 Å². The summed E-state index contributed by atoms with van der Waals surface area (Å²) in [6.45, 7) is 4.44. The number of nitrogens with two attached hydrogens (primary N) is 1. The highest BCUT2D eigenvalue weighted by Gasteiger charge is 2.35. The van der Waals surface area contributed by atoms with Gasteiger partial charge >= 0.3 is 0 Å². The summed E-state index contributed by atoms with van der Waals surface area (Å²) in [6.07, 6.45) is 3.99. The molecule has 4 nitrogen and oxygen atoms in total. The molecule has 3 unspecified atom stereocenters. The van der Waals surface area contributed by atoms with Gasteiger partial charge in [0.15, 0.2) is 0 Å². The Morgan fingerprint density at radius 2 is 2.25 bits per heavy atom. The second kappa shape index (κ2) is 5.64. The van der Waals surface area contributed by atoms with E-state index in [2.05, 4.69) is 5.32 Å². The quantitative estimate of drug-likeness (QED) is 0.739. The van der Waals surface area contributed by atoms with Crippen LogP contribution in [0.1, 0.15) is 39.5 Å². The Kier molecular flexibility index (Phi) is 4.74. The van der Waals surface area contributed by atoms with Gasteiger partial charge in [-0.1, -0.05) is 13.3 Å². The fourth-order valence-corrected chi connectivity index (χ4v) is 2.23. The van der Waals surface area contributed by atoms with Crippen molar-refractivity contribution in [2.45, 2.75) is 51.2 Å². The van der Waals surface area contributed by atoms with Crippen molar-refractivity contribution in [2.75, 3.05) is 13.7 Å². The zero-order valence-corrected chi connectivity index (χ0v) is 10.6. The third kappa shape index (κ3) is 2.74. The van der Waals surface area contributed by atoms with Gasteiger partial charge < -0.3 is 15.8 Å². The number of methoxy groups -OCH3 is 1. The molecule has 1 fully saturated rings. The molecule has 1 aliphatic rings. The van der Waals surface area contributed by atoms with E-state index in [1.807, 2.05) is 13.8 Å². The van der Waals surface area contributed by atoms with Crippen molar-refractivity contribution in [3.63, 3.8) is 0 Å². The van der Waals surface area contributed by atoms with Crippen LogP contribution in [0.2, 0.25) is 0 Å². The van der Waals surface area contributed by atoms with E-state index in [9.17, 15) is 4.79 Å². The van der Waals surface area contributed by atoms with E-state index in [1.165, 1.54) is 0 Å². The van der Waals surface area contributed by atoms with Crippen LogP contribution < -0.4 is 11.1 Å². The average molecular weight is 228 g/mol. The van der Waals surface area contributed by atoms with E-state index >= 15 is 0 Å². The maximum Gasteiger partial charge on any atom is 0.252 e. The lowest BCUT2D eigenvalue weighted by Crippen LogP contribution is -2.51. The zero-order chi connectivity index (χ0) is 12.2. The second-order valence-corrected chi connectivity index (χ2v) is 4.80. The number of hydrogen-bond donors (Lipinski definition) is 2. The van der Waals surface area contributed by atoms with Gasteiger partial charge in [-0.05, 0) is 38.6 Å². The first-order valence-corrected chi connectivity index (χ1v) is 6.13. The Morgan fingerprint density at radius 3 is 2.75 bits per heavy atom. The van der Waals surface area contributed by atoms with Gasteiger partial charge in [0.2, 0.25) is 0 Å². The van der Waals surface area contributed by atoms with Crippen LogP contribution in [-0.2, 0) is 9.53 Å². The van der Waals surface area contributed by atoms with Gasteiger partial charge in [-0.15, -0.1) is 0 Å². The third-order valence-electron chi connectivity index (χ3n) is 3.88. The fraction of sp³-hybridized carbons (Fsp3) is 0.917. The number of hydrogen-bond acceptors (Lipinski definition) is 3. The lowest BCUT2D eigenvalue weighted by atomic mass is 9.99. The molecule has 3 atom stereocenters. The molecule has 4 heteroatoms. The number of nitrogens with one attached hydrogen (secondary N) is 1. The number of ether oxygens (including phenoxy) is 1. The average Bonchev–Trinajstić information content (AvgIpc) is 2.75. The molecule has 16 heavy (non-hydrogen) atoms. The summed E-state index contributed by atoms with van der Waals surface area (Å²) in [5, 5.41) is 3.08. The molecule has 94 valence electrons. The Morgan fingerprint density at radius 1 is 1.56 bits per heavy atom. The molecule has 0 aliphatic heterocycles. The van der Waals surface area contributed by atoms with Crippen molar-refractivity contribution in [3.8, 4) is 0 Å². The van der Waals surface area contributed by atoms with E-state index < -0.39 is 5.60 Å². The molecular formula is C12H24N2O2. The van der Waals surface area contributed by atoms with Gasteiger partial charge in [0, 0.05) is 13.2 Å². The van der Waals surface area contributed by atoms with Gasteiger partial charge in [-0.3, -0.25) is 4.79 Å². The molecule has 0 aromatic heterocycles. The van der Waals surface area contributed by atoms with E-state index in [0.29, 0.717) is 18.9 Å². The van der Waals surface area contributed by atoms with Crippen molar-refractivity contribution in [3.05, 3.63) is 0 Å². The highest BCUT2D eigenvalue weighted by atomic mass is 16.5. The van der Waals surface area contributed by atoms with Gasteiger partial charge in [-0.25, -0.2) is 0 Å². The molecular weight excluding hydrogens is 204 g/mol. The van der Waals surface area contributed by atoms with Crippen LogP contribution in [0, 0.1) is 5.92 Å². The summed E-state index contributed by atoms with van der Waals surface area (Å²) in [5.41, 5.74) is 4.98. The molecule has 0 saturated heterocycles. The molecule has 0 heterocycles. The molecule has 0 aromatic carbocycles. The van der Waals surface area contributed by atoms with Crippen molar-refractivity contribution in [1.29, 1.82) is 0 Å². The first-order valence-electron chi connectivity index (χ1n) is 6.13. The minimum atomic E-state index is -0.707. The zero-order valence-electron chi connectivity index (χ0n) is 10.6. The fourth-order valence-electron chi connectivity index (χ4n) is 2.23. The van der Waals surface area contributed by atoms with E-state index in [1.54, 1.807) is 7.11 Å². The predicted molar refractivity (Wildman–Crippen MR) is 64.0 cm³/mol. The number of amides is 1. The Hall–Kier alpha value is -0.610. The van der Waals surface area contributed by atoms with Gasteiger partial charge in [0.25, 0.3) is 5.91 Å². The van der Waals surface area contributed by atoms with Crippen LogP contribution in [0.5, 0.6) is 0 Å². The van der Waals surface area contributed by atoms with Crippen molar-refractivity contribution < 1.29 is 9.53 Å². The van der Waals surface area contributed by atoms with Crippen LogP contribution >= 0.6 is 0 Å². The monoisotopic (exact) mass is 228 g/mol. The summed E-state index contributed by atoms with van der Waals surface area (Å²) in [7, 11) is 1.58. The highest BCUT2D eigenvalue weighted by molar-refractivity contribution is 5.85. The predicted octanol–water partition coefficient (Wildman–Crippen LogP) is 1.05. The van der Waals surface area contributed by atoms with Gasteiger partial charge in [0.1, 0.15) is 5.60 Å². The molecule has 3 N–H and O–H groups in total. The normalized spacial score (nSPS) is 28.8. The molecule has 0 spiro atoms. The Bertz CT molecular complexity index is 239. The third-order valence-corrected chi connectivity index (χ3v) is 3.88. The SMILES string of the molecule is CCC(C)(OC)C(=O)NC1CCCC1CN. The first-order chi connectivity index (χ1) is 7.57. The lowest BCUT2D eigenvalue weighted by molar-refractivity contribution is -0.142.